The molecule has 0 radical (unpaired) electrons. The Morgan fingerprint density at radius 1 is 1.43 bits per heavy atom. The molecule has 0 aromatic rings. The molecule has 1 fully saturated rings. The number of sulfonamides is 1. The van der Waals surface area contributed by atoms with Crippen LogP contribution in [0.2, 0.25) is 0 Å². The predicted octanol–water partition coefficient (Wildman–Crippen LogP) is 0.410. The van der Waals surface area contributed by atoms with Gasteiger partial charge < -0.3 is 5.32 Å². The summed E-state index contributed by atoms with van der Waals surface area (Å²) in [7, 11) is -1.29. The molecule has 1 N–H and O–H groups in total. The first-order valence-corrected chi connectivity index (χ1v) is 6.85. The van der Waals surface area contributed by atoms with Crippen molar-refractivity contribution < 1.29 is 8.42 Å². The summed E-state index contributed by atoms with van der Waals surface area (Å²) in [6.45, 7) is 3.71. The number of hydrogen-bond donors (Lipinski definition) is 1. The second-order valence-corrected chi connectivity index (χ2v) is 5.92. The molecule has 0 spiro atoms. The van der Waals surface area contributed by atoms with Crippen LogP contribution in [-0.2, 0) is 10.0 Å². The van der Waals surface area contributed by atoms with Crippen molar-refractivity contribution in [1.82, 2.24) is 9.62 Å². The van der Waals surface area contributed by atoms with E-state index in [9.17, 15) is 8.42 Å². The van der Waals surface area contributed by atoms with Crippen molar-refractivity contribution in [2.24, 2.45) is 0 Å². The molecule has 0 unspecified atom stereocenters. The summed E-state index contributed by atoms with van der Waals surface area (Å²) in [5.41, 5.74) is 0. The first-order valence-electron chi connectivity index (χ1n) is 5.24. The zero-order valence-electron chi connectivity index (χ0n) is 8.99. The van der Waals surface area contributed by atoms with Crippen molar-refractivity contribution in [3.05, 3.63) is 0 Å². The van der Waals surface area contributed by atoms with Gasteiger partial charge in [-0.3, -0.25) is 0 Å². The lowest BCUT2D eigenvalue weighted by molar-refractivity contribution is 0.462. The van der Waals surface area contributed by atoms with Gasteiger partial charge in [0.2, 0.25) is 10.0 Å². The molecule has 1 aliphatic rings. The van der Waals surface area contributed by atoms with Crippen molar-refractivity contribution in [3.8, 4) is 0 Å². The van der Waals surface area contributed by atoms with Gasteiger partial charge >= 0.3 is 0 Å². The highest BCUT2D eigenvalue weighted by Gasteiger charge is 2.33. The third-order valence-electron chi connectivity index (χ3n) is 2.51. The van der Waals surface area contributed by atoms with Crippen LogP contribution in [-0.4, -0.2) is 44.7 Å². The largest absolute Gasteiger partial charge is 0.317 e. The summed E-state index contributed by atoms with van der Waals surface area (Å²) in [4.78, 5) is 0. The number of rotatable bonds is 7. The molecule has 0 aliphatic heterocycles. The van der Waals surface area contributed by atoms with Gasteiger partial charge in [0.05, 0.1) is 5.75 Å². The second kappa shape index (κ2) is 5.09. The molecule has 4 nitrogen and oxygen atoms in total. The van der Waals surface area contributed by atoms with E-state index >= 15 is 0 Å². The van der Waals surface area contributed by atoms with Gasteiger partial charge in [-0.05, 0) is 32.4 Å². The Morgan fingerprint density at radius 2 is 2.07 bits per heavy atom. The van der Waals surface area contributed by atoms with Crippen LogP contribution in [0, 0.1) is 0 Å². The first-order chi connectivity index (χ1) is 6.58. The summed E-state index contributed by atoms with van der Waals surface area (Å²) < 4.78 is 24.9. The molecule has 1 saturated carbocycles. The second-order valence-electron chi connectivity index (χ2n) is 3.77. The standard InChI is InChI=1S/C9H20N2O2S/c1-3-10-7-4-8-14(12,13)11(2)9-5-6-9/h9-10H,3-8H2,1-2H3. The van der Waals surface area contributed by atoms with E-state index in [0.717, 1.165) is 25.9 Å². The molecule has 5 heteroatoms. The number of nitrogens with one attached hydrogen (secondary N) is 1. The van der Waals surface area contributed by atoms with E-state index in [1.807, 2.05) is 6.92 Å². The molecule has 14 heavy (non-hydrogen) atoms. The van der Waals surface area contributed by atoms with Crippen LogP contribution in [0.3, 0.4) is 0 Å². The fraction of sp³-hybridized carbons (Fsp3) is 1.00. The molecule has 0 heterocycles. The predicted molar refractivity (Wildman–Crippen MR) is 57.7 cm³/mol. The van der Waals surface area contributed by atoms with E-state index in [2.05, 4.69) is 5.32 Å². The number of hydrogen-bond acceptors (Lipinski definition) is 3. The molecule has 84 valence electrons. The molecule has 0 amide bonds. The molecular weight excluding hydrogens is 200 g/mol. The van der Waals surface area contributed by atoms with Crippen molar-refractivity contribution in [3.63, 3.8) is 0 Å². The molecule has 0 bridgehead atoms. The fourth-order valence-corrected chi connectivity index (χ4v) is 2.83. The molecule has 1 aliphatic carbocycles. The van der Waals surface area contributed by atoms with Crippen molar-refractivity contribution >= 4 is 10.0 Å². The zero-order valence-corrected chi connectivity index (χ0v) is 9.81. The minimum Gasteiger partial charge on any atom is -0.317 e. The van der Waals surface area contributed by atoms with Gasteiger partial charge in [-0.2, -0.15) is 0 Å². The highest BCUT2D eigenvalue weighted by molar-refractivity contribution is 7.89. The Labute approximate surface area is 86.7 Å². The number of nitrogens with zero attached hydrogens (tertiary/aromatic N) is 1. The normalized spacial score (nSPS) is 17.6. The Kier molecular flexibility index (Phi) is 4.34. The van der Waals surface area contributed by atoms with Gasteiger partial charge in [0, 0.05) is 13.1 Å². The maximum absolute atomic E-state index is 11.7. The third-order valence-corrected chi connectivity index (χ3v) is 4.49. The van der Waals surface area contributed by atoms with Crippen LogP contribution >= 0.6 is 0 Å². The Hall–Kier alpha value is -0.130. The van der Waals surface area contributed by atoms with Gasteiger partial charge in [0.15, 0.2) is 0 Å². The summed E-state index contributed by atoms with van der Waals surface area (Å²) in [5.74, 6) is 0.271. The van der Waals surface area contributed by atoms with E-state index in [1.54, 1.807) is 11.4 Å². The fourth-order valence-electron chi connectivity index (χ4n) is 1.37. The SMILES string of the molecule is CCNCCCS(=O)(=O)N(C)C1CC1. The van der Waals surface area contributed by atoms with Crippen LogP contribution < -0.4 is 5.32 Å². The highest BCUT2D eigenvalue weighted by atomic mass is 32.2. The van der Waals surface area contributed by atoms with Crippen LogP contribution in [0.15, 0.2) is 0 Å². The summed E-state index contributed by atoms with van der Waals surface area (Å²) in [6, 6.07) is 0.291. The van der Waals surface area contributed by atoms with E-state index in [-0.39, 0.29) is 5.75 Å². The maximum atomic E-state index is 11.7. The Bertz CT molecular complexity index is 260. The molecule has 0 aromatic carbocycles. The topological polar surface area (TPSA) is 49.4 Å². The average Bonchev–Trinajstić information content (AvgIpc) is 2.94. The summed E-state index contributed by atoms with van der Waals surface area (Å²) >= 11 is 0. The van der Waals surface area contributed by atoms with Crippen LogP contribution in [0.4, 0.5) is 0 Å². The minimum absolute atomic E-state index is 0.271. The molecule has 1 rings (SSSR count). The van der Waals surface area contributed by atoms with Crippen molar-refractivity contribution in [2.45, 2.75) is 32.2 Å². The van der Waals surface area contributed by atoms with Gasteiger partial charge in [0.25, 0.3) is 0 Å². The zero-order chi connectivity index (χ0) is 10.6. The van der Waals surface area contributed by atoms with E-state index in [1.165, 1.54) is 0 Å². The lowest BCUT2D eigenvalue weighted by Gasteiger charge is -2.15. The van der Waals surface area contributed by atoms with Gasteiger partial charge in [-0.1, -0.05) is 6.92 Å². The minimum atomic E-state index is -2.98. The van der Waals surface area contributed by atoms with E-state index in [4.69, 9.17) is 0 Å². The molecule has 0 aromatic heterocycles. The monoisotopic (exact) mass is 220 g/mol. The van der Waals surface area contributed by atoms with Crippen LogP contribution in [0.1, 0.15) is 26.2 Å². The van der Waals surface area contributed by atoms with Gasteiger partial charge in [0.1, 0.15) is 0 Å². The summed E-state index contributed by atoms with van der Waals surface area (Å²) in [5, 5.41) is 3.12. The lowest BCUT2D eigenvalue weighted by Crippen LogP contribution is -2.32. The third kappa shape index (κ3) is 3.55. The smallest absolute Gasteiger partial charge is 0.214 e. The lowest BCUT2D eigenvalue weighted by atomic mass is 10.5. The van der Waals surface area contributed by atoms with E-state index < -0.39 is 10.0 Å². The van der Waals surface area contributed by atoms with Crippen LogP contribution in [0.25, 0.3) is 0 Å². The van der Waals surface area contributed by atoms with Crippen molar-refractivity contribution in [2.75, 3.05) is 25.9 Å². The first kappa shape index (κ1) is 11.9. The molecular formula is C9H20N2O2S. The molecule has 0 saturated heterocycles. The van der Waals surface area contributed by atoms with Crippen molar-refractivity contribution in [1.29, 1.82) is 0 Å². The highest BCUT2D eigenvalue weighted by Crippen LogP contribution is 2.27. The van der Waals surface area contributed by atoms with E-state index in [0.29, 0.717) is 12.5 Å². The van der Waals surface area contributed by atoms with Gasteiger partial charge in [-0.25, -0.2) is 12.7 Å². The Morgan fingerprint density at radius 3 is 2.57 bits per heavy atom. The average molecular weight is 220 g/mol. The summed E-state index contributed by atoms with van der Waals surface area (Å²) in [6.07, 6.45) is 2.76. The molecule has 0 atom stereocenters. The quantitative estimate of drug-likeness (QED) is 0.632. The van der Waals surface area contributed by atoms with Crippen LogP contribution in [0.5, 0.6) is 0 Å². The Balaban J connectivity index is 2.26. The van der Waals surface area contributed by atoms with Gasteiger partial charge in [-0.15, -0.1) is 0 Å². The maximum Gasteiger partial charge on any atom is 0.214 e.